The highest BCUT2D eigenvalue weighted by Crippen LogP contribution is 2.24. The largest absolute Gasteiger partial charge is 0.103 e. The van der Waals surface area contributed by atoms with Crippen LogP contribution >= 0.6 is 0 Å². The van der Waals surface area contributed by atoms with Crippen molar-refractivity contribution in [3.63, 3.8) is 0 Å². The summed E-state index contributed by atoms with van der Waals surface area (Å²) < 4.78 is 0. The number of hydrogen-bond acceptors (Lipinski definition) is 0. The molecule has 0 aliphatic carbocycles. The van der Waals surface area contributed by atoms with Crippen LogP contribution in [-0.2, 0) is 0 Å². The summed E-state index contributed by atoms with van der Waals surface area (Å²) in [6, 6.07) is 0. The van der Waals surface area contributed by atoms with E-state index in [0.717, 1.165) is 11.8 Å². The van der Waals surface area contributed by atoms with E-state index >= 15 is 0 Å². The molecule has 0 amide bonds. The first-order valence-electron chi connectivity index (χ1n) is 5.76. The molecular weight excluding hydrogens is 156 g/mol. The van der Waals surface area contributed by atoms with Gasteiger partial charge in [-0.2, -0.15) is 0 Å². The minimum absolute atomic E-state index is 0.663. The zero-order valence-corrected chi connectivity index (χ0v) is 10.4. The van der Waals surface area contributed by atoms with E-state index in [1.165, 1.54) is 12.8 Å². The van der Waals surface area contributed by atoms with Crippen molar-refractivity contribution in [1.29, 1.82) is 0 Å². The summed E-state index contributed by atoms with van der Waals surface area (Å²) in [6.45, 7) is 17.0. The summed E-state index contributed by atoms with van der Waals surface area (Å²) >= 11 is 0. The van der Waals surface area contributed by atoms with E-state index < -0.39 is 0 Å². The van der Waals surface area contributed by atoms with Crippen LogP contribution in [-0.4, -0.2) is 0 Å². The molecule has 0 aliphatic rings. The molecule has 0 aromatic carbocycles. The summed E-state index contributed by atoms with van der Waals surface area (Å²) in [7, 11) is 0. The van der Waals surface area contributed by atoms with Crippen molar-refractivity contribution in [2.24, 2.45) is 17.8 Å². The minimum atomic E-state index is 0.663. The van der Waals surface area contributed by atoms with Gasteiger partial charge in [0.05, 0.1) is 0 Å². The molecule has 0 bridgehead atoms. The second-order valence-electron chi connectivity index (χ2n) is 3.72. The predicted molar refractivity (Wildman–Crippen MR) is 63.9 cm³/mol. The van der Waals surface area contributed by atoms with Crippen LogP contribution in [0.2, 0.25) is 0 Å². The molecular formula is C13H28. The Labute approximate surface area is 85.4 Å². The Morgan fingerprint density at radius 1 is 1.15 bits per heavy atom. The Balaban J connectivity index is 0. The van der Waals surface area contributed by atoms with Crippen molar-refractivity contribution >= 4 is 0 Å². The maximum absolute atomic E-state index is 3.82. The van der Waals surface area contributed by atoms with Gasteiger partial charge in [0.15, 0.2) is 0 Å². The summed E-state index contributed by atoms with van der Waals surface area (Å²) in [5.41, 5.74) is 0. The summed E-state index contributed by atoms with van der Waals surface area (Å²) in [5.74, 6) is 2.29. The maximum atomic E-state index is 3.82. The molecule has 13 heavy (non-hydrogen) atoms. The molecule has 0 saturated heterocycles. The van der Waals surface area contributed by atoms with Gasteiger partial charge in [0.25, 0.3) is 0 Å². The first kappa shape index (κ1) is 15.2. The Morgan fingerprint density at radius 3 is 1.92 bits per heavy atom. The van der Waals surface area contributed by atoms with E-state index in [1.54, 1.807) is 0 Å². The van der Waals surface area contributed by atoms with Crippen LogP contribution in [0, 0.1) is 17.8 Å². The lowest BCUT2D eigenvalue weighted by Gasteiger charge is -2.23. The molecule has 0 radical (unpaired) electrons. The van der Waals surface area contributed by atoms with Gasteiger partial charge < -0.3 is 0 Å². The average Bonchev–Trinajstić information content (AvgIpc) is 2.19. The second kappa shape index (κ2) is 9.83. The van der Waals surface area contributed by atoms with Crippen molar-refractivity contribution in [3.05, 3.63) is 12.7 Å². The van der Waals surface area contributed by atoms with Crippen LogP contribution < -0.4 is 0 Å². The molecule has 0 saturated carbocycles. The lowest BCUT2D eigenvalue weighted by atomic mass is 9.83. The van der Waals surface area contributed by atoms with Crippen molar-refractivity contribution in [2.45, 2.75) is 54.4 Å². The molecule has 0 aromatic rings. The van der Waals surface area contributed by atoms with Crippen molar-refractivity contribution in [1.82, 2.24) is 0 Å². The molecule has 0 aliphatic heterocycles. The van der Waals surface area contributed by atoms with Crippen LogP contribution in [0.15, 0.2) is 12.7 Å². The molecule has 80 valence electrons. The third kappa shape index (κ3) is 6.86. The molecule has 3 atom stereocenters. The SMILES string of the molecule is C=C[C@H](C)[C@@H](C)[C@@H](C)CCC.CC. The Kier molecular flexibility index (Phi) is 11.5. The van der Waals surface area contributed by atoms with E-state index in [0.29, 0.717) is 5.92 Å². The fourth-order valence-corrected chi connectivity index (χ4v) is 1.45. The van der Waals surface area contributed by atoms with Crippen LogP contribution in [0.5, 0.6) is 0 Å². The monoisotopic (exact) mass is 184 g/mol. The van der Waals surface area contributed by atoms with Crippen molar-refractivity contribution in [2.75, 3.05) is 0 Å². The second-order valence-corrected chi connectivity index (χ2v) is 3.72. The first-order chi connectivity index (χ1) is 6.13. The first-order valence-corrected chi connectivity index (χ1v) is 5.76. The smallest absolute Gasteiger partial charge is 0.0236 e. The third-order valence-electron chi connectivity index (χ3n) is 2.84. The molecule has 0 heterocycles. The number of allylic oxidation sites excluding steroid dienone is 1. The van der Waals surface area contributed by atoms with Crippen LogP contribution in [0.4, 0.5) is 0 Å². The van der Waals surface area contributed by atoms with E-state index in [4.69, 9.17) is 0 Å². The lowest BCUT2D eigenvalue weighted by Crippen LogP contribution is -2.14. The lowest BCUT2D eigenvalue weighted by molar-refractivity contribution is 0.302. The summed E-state index contributed by atoms with van der Waals surface area (Å²) in [6.07, 6.45) is 4.71. The van der Waals surface area contributed by atoms with Crippen LogP contribution in [0.1, 0.15) is 54.4 Å². The fourth-order valence-electron chi connectivity index (χ4n) is 1.45. The standard InChI is InChI=1S/C11H22.C2H6/c1-6-8-10(4)11(5)9(3)7-2;1-2/h7,9-11H,2,6,8H2,1,3-5H3;1-2H3/t9-,10-,11+;/m0./s1. The van der Waals surface area contributed by atoms with Crippen LogP contribution in [0.25, 0.3) is 0 Å². The quantitative estimate of drug-likeness (QED) is 0.533. The minimum Gasteiger partial charge on any atom is -0.103 e. The van der Waals surface area contributed by atoms with Crippen molar-refractivity contribution in [3.8, 4) is 0 Å². The fraction of sp³-hybridized carbons (Fsp3) is 0.846. The summed E-state index contributed by atoms with van der Waals surface area (Å²) in [4.78, 5) is 0. The van der Waals surface area contributed by atoms with Gasteiger partial charge in [-0.25, -0.2) is 0 Å². The molecule has 0 unspecified atom stereocenters. The van der Waals surface area contributed by atoms with E-state index in [-0.39, 0.29) is 0 Å². The number of rotatable bonds is 5. The van der Waals surface area contributed by atoms with Gasteiger partial charge in [0, 0.05) is 0 Å². The molecule has 0 rings (SSSR count). The molecule has 0 aromatic heterocycles. The summed E-state index contributed by atoms with van der Waals surface area (Å²) in [5, 5.41) is 0. The number of hydrogen-bond donors (Lipinski definition) is 0. The van der Waals surface area contributed by atoms with Gasteiger partial charge in [-0.3, -0.25) is 0 Å². The van der Waals surface area contributed by atoms with Gasteiger partial charge in [-0.05, 0) is 17.8 Å². The highest BCUT2D eigenvalue weighted by molar-refractivity contribution is 4.81. The molecule has 0 fully saturated rings. The molecule has 0 heteroatoms. The zero-order valence-electron chi connectivity index (χ0n) is 10.4. The zero-order chi connectivity index (χ0) is 10.9. The third-order valence-corrected chi connectivity index (χ3v) is 2.84. The highest BCUT2D eigenvalue weighted by Gasteiger charge is 2.15. The Hall–Kier alpha value is -0.260. The highest BCUT2D eigenvalue weighted by atomic mass is 14.2. The van der Waals surface area contributed by atoms with E-state index in [9.17, 15) is 0 Å². The Bertz CT molecular complexity index is 105. The van der Waals surface area contributed by atoms with Gasteiger partial charge in [0.2, 0.25) is 0 Å². The van der Waals surface area contributed by atoms with E-state index in [2.05, 4.69) is 40.3 Å². The van der Waals surface area contributed by atoms with Gasteiger partial charge >= 0.3 is 0 Å². The predicted octanol–water partition coefficient (Wildman–Crippen LogP) is 4.91. The Morgan fingerprint density at radius 2 is 1.62 bits per heavy atom. The van der Waals surface area contributed by atoms with Gasteiger partial charge in [-0.1, -0.05) is 60.5 Å². The molecule has 0 N–H and O–H groups in total. The molecule has 0 nitrogen and oxygen atoms in total. The average molecular weight is 184 g/mol. The van der Waals surface area contributed by atoms with Gasteiger partial charge in [0.1, 0.15) is 0 Å². The topological polar surface area (TPSA) is 0 Å². The van der Waals surface area contributed by atoms with Gasteiger partial charge in [-0.15, -0.1) is 6.58 Å². The van der Waals surface area contributed by atoms with Crippen LogP contribution in [0.3, 0.4) is 0 Å². The molecule has 0 spiro atoms. The maximum Gasteiger partial charge on any atom is -0.0236 e. The van der Waals surface area contributed by atoms with Crippen molar-refractivity contribution < 1.29 is 0 Å². The van der Waals surface area contributed by atoms with E-state index in [1.807, 2.05) is 13.8 Å². The normalized spacial score (nSPS) is 16.5.